The number of aliphatic hydroxyl groups excluding tert-OH is 2. The van der Waals surface area contributed by atoms with E-state index in [0.717, 1.165) is 39.0 Å². The van der Waals surface area contributed by atoms with Crippen LogP contribution in [0.2, 0.25) is 0 Å². The Balaban J connectivity index is 0. The van der Waals surface area contributed by atoms with Crippen molar-refractivity contribution >= 4 is 24.8 Å². The lowest BCUT2D eigenvalue weighted by molar-refractivity contribution is 0.0298. The van der Waals surface area contributed by atoms with Crippen LogP contribution in [0.3, 0.4) is 0 Å². The number of rotatable bonds is 6. The standard InChI is InChI=1S/C12H26N2O2.2ClH/c1-3-11(9-15)13-5-7-14(8-6-13)12(4-2)10-16;;/h11-12,15-16H,3-10H2,1-2H3;2*1H/t11-,12+;;. The van der Waals surface area contributed by atoms with E-state index < -0.39 is 0 Å². The highest BCUT2D eigenvalue weighted by Crippen LogP contribution is 2.12. The zero-order valence-corrected chi connectivity index (χ0v) is 13.0. The first-order chi connectivity index (χ1) is 7.76. The Hall–Kier alpha value is 0.420. The largest absolute Gasteiger partial charge is 0.395 e. The van der Waals surface area contributed by atoms with Gasteiger partial charge >= 0.3 is 0 Å². The van der Waals surface area contributed by atoms with Gasteiger partial charge in [-0.2, -0.15) is 0 Å². The van der Waals surface area contributed by atoms with Crippen LogP contribution in [0.25, 0.3) is 0 Å². The minimum atomic E-state index is 0. The molecular weight excluding hydrogens is 275 g/mol. The molecule has 2 atom stereocenters. The second-order valence-corrected chi connectivity index (χ2v) is 4.56. The Bertz CT molecular complexity index is 163. The molecule has 1 heterocycles. The zero-order chi connectivity index (χ0) is 12.0. The van der Waals surface area contributed by atoms with Crippen molar-refractivity contribution < 1.29 is 10.2 Å². The molecule has 0 amide bonds. The summed E-state index contributed by atoms with van der Waals surface area (Å²) in [5.41, 5.74) is 0. The molecule has 4 nitrogen and oxygen atoms in total. The van der Waals surface area contributed by atoms with Crippen molar-refractivity contribution in [3.05, 3.63) is 0 Å². The third-order valence-electron chi connectivity index (χ3n) is 3.75. The first kappa shape index (κ1) is 20.7. The molecule has 0 radical (unpaired) electrons. The van der Waals surface area contributed by atoms with E-state index in [-0.39, 0.29) is 38.0 Å². The van der Waals surface area contributed by atoms with Crippen molar-refractivity contribution in [3.8, 4) is 0 Å². The van der Waals surface area contributed by atoms with Gasteiger partial charge in [0.25, 0.3) is 0 Å². The van der Waals surface area contributed by atoms with Crippen molar-refractivity contribution in [3.63, 3.8) is 0 Å². The first-order valence-electron chi connectivity index (χ1n) is 6.46. The molecule has 6 heteroatoms. The molecule has 1 fully saturated rings. The molecule has 0 unspecified atom stereocenters. The van der Waals surface area contributed by atoms with E-state index >= 15 is 0 Å². The molecule has 0 bridgehead atoms. The molecule has 1 aliphatic rings. The van der Waals surface area contributed by atoms with E-state index in [0.29, 0.717) is 12.1 Å². The van der Waals surface area contributed by atoms with Gasteiger partial charge in [-0.1, -0.05) is 13.8 Å². The maximum atomic E-state index is 9.25. The number of nitrogens with zero attached hydrogens (tertiary/aromatic N) is 2. The summed E-state index contributed by atoms with van der Waals surface area (Å²) in [7, 11) is 0. The summed E-state index contributed by atoms with van der Waals surface area (Å²) < 4.78 is 0. The zero-order valence-electron chi connectivity index (χ0n) is 11.4. The highest BCUT2D eigenvalue weighted by molar-refractivity contribution is 5.85. The summed E-state index contributed by atoms with van der Waals surface area (Å²) in [4.78, 5) is 4.72. The second kappa shape index (κ2) is 11.3. The van der Waals surface area contributed by atoms with E-state index in [4.69, 9.17) is 0 Å². The van der Waals surface area contributed by atoms with E-state index in [1.165, 1.54) is 0 Å². The number of halogens is 2. The molecule has 0 saturated carbocycles. The third kappa shape index (κ3) is 5.59. The number of aliphatic hydroxyl groups is 2. The smallest absolute Gasteiger partial charge is 0.0586 e. The minimum Gasteiger partial charge on any atom is -0.395 e. The molecule has 0 aliphatic carbocycles. The summed E-state index contributed by atoms with van der Waals surface area (Å²) in [6.45, 7) is 8.79. The van der Waals surface area contributed by atoms with Crippen molar-refractivity contribution in [1.82, 2.24) is 9.80 Å². The predicted octanol–water partition coefficient (Wildman–Crippen LogP) is 0.989. The van der Waals surface area contributed by atoms with Crippen LogP contribution in [0.15, 0.2) is 0 Å². The molecule has 1 aliphatic heterocycles. The van der Waals surface area contributed by atoms with Gasteiger partial charge in [-0.3, -0.25) is 9.80 Å². The molecule has 0 spiro atoms. The summed E-state index contributed by atoms with van der Waals surface area (Å²) in [5, 5.41) is 18.5. The Kier molecular flexibility index (Phi) is 13.0. The van der Waals surface area contributed by atoms with Crippen molar-refractivity contribution in [1.29, 1.82) is 0 Å². The fourth-order valence-electron chi connectivity index (χ4n) is 2.47. The molecule has 18 heavy (non-hydrogen) atoms. The van der Waals surface area contributed by atoms with Gasteiger partial charge in [-0.05, 0) is 12.8 Å². The van der Waals surface area contributed by atoms with Gasteiger partial charge in [0.1, 0.15) is 0 Å². The highest BCUT2D eigenvalue weighted by atomic mass is 35.5. The normalized spacial score (nSPS) is 20.7. The van der Waals surface area contributed by atoms with Crippen LogP contribution in [0, 0.1) is 0 Å². The average molecular weight is 303 g/mol. The molecule has 112 valence electrons. The molecule has 1 rings (SSSR count). The summed E-state index contributed by atoms with van der Waals surface area (Å²) in [5.74, 6) is 0. The Morgan fingerprint density at radius 1 is 0.778 bits per heavy atom. The molecule has 0 aromatic carbocycles. The topological polar surface area (TPSA) is 46.9 Å². The Morgan fingerprint density at radius 3 is 1.22 bits per heavy atom. The lowest BCUT2D eigenvalue weighted by Gasteiger charge is -2.41. The summed E-state index contributed by atoms with van der Waals surface area (Å²) in [6, 6.07) is 0.632. The van der Waals surface area contributed by atoms with Gasteiger partial charge in [0.2, 0.25) is 0 Å². The fraction of sp³-hybridized carbons (Fsp3) is 1.00. The maximum absolute atomic E-state index is 9.25. The van der Waals surface area contributed by atoms with E-state index in [2.05, 4.69) is 23.6 Å². The van der Waals surface area contributed by atoms with Gasteiger partial charge in [0, 0.05) is 38.3 Å². The lowest BCUT2D eigenvalue weighted by Crippen LogP contribution is -2.54. The summed E-state index contributed by atoms with van der Waals surface area (Å²) >= 11 is 0. The van der Waals surface area contributed by atoms with Crippen molar-refractivity contribution in [2.45, 2.75) is 38.8 Å². The van der Waals surface area contributed by atoms with Crippen LogP contribution < -0.4 is 0 Å². The Labute approximate surface area is 123 Å². The van der Waals surface area contributed by atoms with Gasteiger partial charge in [-0.25, -0.2) is 0 Å². The molecular formula is C12H28Cl2N2O2. The highest BCUT2D eigenvalue weighted by Gasteiger charge is 2.25. The van der Waals surface area contributed by atoms with Gasteiger partial charge in [0.15, 0.2) is 0 Å². The van der Waals surface area contributed by atoms with Crippen LogP contribution in [-0.4, -0.2) is 71.5 Å². The van der Waals surface area contributed by atoms with Gasteiger partial charge < -0.3 is 10.2 Å². The number of piperazine rings is 1. The van der Waals surface area contributed by atoms with Crippen molar-refractivity contribution in [2.24, 2.45) is 0 Å². The first-order valence-corrected chi connectivity index (χ1v) is 6.46. The molecule has 2 N–H and O–H groups in total. The predicted molar refractivity (Wildman–Crippen MR) is 80.0 cm³/mol. The fourth-order valence-corrected chi connectivity index (χ4v) is 2.47. The minimum absolute atomic E-state index is 0. The van der Waals surface area contributed by atoms with Crippen LogP contribution in [0.5, 0.6) is 0 Å². The average Bonchev–Trinajstić information content (AvgIpc) is 2.34. The van der Waals surface area contributed by atoms with E-state index in [9.17, 15) is 10.2 Å². The maximum Gasteiger partial charge on any atom is 0.0586 e. The third-order valence-corrected chi connectivity index (χ3v) is 3.75. The van der Waals surface area contributed by atoms with Crippen LogP contribution in [0.4, 0.5) is 0 Å². The van der Waals surface area contributed by atoms with Crippen molar-refractivity contribution in [2.75, 3.05) is 39.4 Å². The monoisotopic (exact) mass is 302 g/mol. The van der Waals surface area contributed by atoms with Gasteiger partial charge in [-0.15, -0.1) is 24.8 Å². The molecule has 0 aromatic heterocycles. The quantitative estimate of drug-likeness (QED) is 0.768. The van der Waals surface area contributed by atoms with Crippen LogP contribution >= 0.6 is 24.8 Å². The number of hydrogen-bond donors (Lipinski definition) is 2. The lowest BCUT2D eigenvalue weighted by atomic mass is 10.1. The van der Waals surface area contributed by atoms with Gasteiger partial charge in [0.05, 0.1) is 13.2 Å². The SMILES string of the molecule is CC[C@H](CO)N1CCN([C@@H](CC)CO)CC1.Cl.Cl. The molecule has 1 saturated heterocycles. The van der Waals surface area contributed by atoms with Crippen LogP contribution in [0.1, 0.15) is 26.7 Å². The Morgan fingerprint density at radius 2 is 1.06 bits per heavy atom. The van der Waals surface area contributed by atoms with E-state index in [1.54, 1.807) is 0 Å². The molecule has 0 aromatic rings. The van der Waals surface area contributed by atoms with E-state index in [1.807, 2.05) is 0 Å². The van der Waals surface area contributed by atoms with Crippen LogP contribution in [-0.2, 0) is 0 Å². The number of hydrogen-bond acceptors (Lipinski definition) is 4. The second-order valence-electron chi connectivity index (χ2n) is 4.56. The summed E-state index contributed by atoms with van der Waals surface area (Å²) in [6.07, 6.45) is 2.02.